The number of carbonyl (C=O) groups is 2. The number of hydrogen-bond donors (Lipinski definition) is 1. The lowest BCUT2D eigenvalue weighted by atomic mass is 9.99. The van der Waals surface area contributed by atoms with Gasteiger partial charge in [0.1, 0.15) is 0 Å². The Morgan fingerprint density at radius 1 is 1.58 bits per heavy atom. The highest BCUT2D eigenvalue weighted by Gasteiger charge is 2.45. The first-order valence-electron chi connectivity index (χ1n) is 5.92. The Balaban J connectivity index is 2.40. The van der Waals surface area contributed by atoms with Crippen LogP contribution in [0.4, 0.5) is 0 Å². The summed E-state index contributed by atoms with van der Waals surface area (Å²) in [5.74, 6) is -1.63. The predicted molar refractivity (Wildman–Crippen MR) is 80.2 cm³/mol. The molecule has 104 valence electrons. The Morgan fingerprint density at radius 2 is 2.26 bits per heavy atom. The van der Waals surface area contributed by atoms with E-state index in [4.69, 9.17) is 0 Å². The van der Waals surface area contributed by atoms with Crippen LogP contribution in [0.15, 0.2) is 14.3 Å². The molecule has 1 amide bonds. The number of likely N-dealkylation sites (tertiary alicyclic amines) is 1. The van der Waals surface area contributed by atoms with Crippen LogP contribution in [0.25, 0.3) is 0 Å². The molecule has 1 N–H and O–H groups in total. The zero-order valence-corrected chi connectivity index (χ0v) is 14.2. The quantitative estimate of drug-likeness (QED) is 0.823. The molecule has 0 radical (unpaired) electrons. The van der Waals surface area contributed by atoms with E-state index in [9.17, 15) is 14.7 Å². The first-order valence-corrected chi connectivity index (χ1v) is 8.33. The van der Waals surface area contributed by atoms with Crippen LogP contribution >= 0.6 is 43.2 Å². The molecule has 0 saturated carbocycles. The molecule has 0 bridgehead atoms. The van der Waals surface area contributed by atoms with E-state index in [1.54, 1.807) is 4.90 Å². The molecule has 1 fully saturated rings. The van der Waals surface area contributed by atoms with Gasteiger partial charge in [-0.05, 0) is 44.3 Å². The van der Waals surface area contributed by atoms with Crippen molar-refractivity contribution < 1.29 is 14.7 Å². The van der Waals surface area contributed by atoms with Crippen LogP contribution in [-0.2, 0) is 9.59 Å². The fourth-order valence-electron chi connectivity index (χ4n) is 2.38. The molecule has 2 atom stereocenters. The highest BCUT2D eigenvalue weighted by atomic mass is 79.9. The van der Waals surface area contributed by atoms with Crippen molar-refractivity contribution in [2.24, 2.45) is 5.92 Å². The van der Waals surface area contributed by atoms with Crippen molar-refractivity contribution in [3.63, 3.8) is 0 Å². The van der Waals surface area contributed by atoms with E-state index in [1.165, 1.54) is 11.3 Å². The normalized spacial score (nSPS) is 23.1. The summed E-state index contributed by atoms with van der Waals surface area (Å²) in [6, 6.07) is 1.55. The van der Waals surface area contributed by atoms with Gasteiger partial charge in [0.2, 0.25) is 5.91 Å². The number of halogens is 2. The average Bonchev–Trinajstić information content (AvgIpc) is 2.82. The van der Waals surface area contributed by atoms with Crippen molar-refractivity contribution in [2.45, 2.75) is 25.8 Å². The molecule has 19 heavy (non-hydrogen) atoms. The van der Waals surface area contributed by atoms with Gasteiger partial charge < -0.3 is 10.0 Å². The van der Waals surface area contributed by atoms with E-state index in [2.05, 4.69) is 31.9 Å². The molecule has 1 aromatic rings. The van der Waals surface area contributed by atoms with Gasteiger partial charge in [0.15, 0.2) is 0 Å². The van der Waals surface area contributed by atoms with Crippen molar-refractivity contribution in [3.8, 4) is 0 Å². The molecule has 2 rings (SSSR count). The fraction of sp³-hybridized carbons (Fsp3) is 0.500. The lowest BCUT2D eigenvalue weighted by molar-refractivity contribution is -0.142. The van der Waals surface area contributed by atoms with Gasteiger partial charge in [0.25, 0.3) is 0 Å². The number of hydrogen-bond acceptors (Lipinski definition) is 3. The number of carbonyl (C=O) groups excluding carboxylic acids is 1. The van der Waals surface area contributed by atoms with Crippen molar-refractivity contribution in [3.05, 3.63) is 19.2 Å². The molecule has 1 aliphatic rings. The minimum Gasteiger partial charge on any atom is -0.481 e. The number of aliphatic carboxylic acids is 1. The number of carboxylic acid groups (broad SMARTS) is 1. The van der Waals surface area contributed by atoms with Crippen LogP contribution in [0.2, 0.25) is 0 Å². The van der Waals surface area contributed by atoms with Crippen molar-refractivity contribution in [1.29, 1.82) is 0 Å². The smallest absolute Gasteiger partial charge is 0.309 e. The van der Waals surface area contributed by atoms with E-state index in [1.807, 2.05) is 13.0 Å². The Morgan fingerprint density at radius 3 is 2.74 bits per heavy atom. The number of thiophene rings is 1. The summed E-state index contributed by atoms with van der Waals surface area (Å²) in [6.07, 6.45) is 0.912. The van der Waals surface area contributed by atoms with E-state index in [0.717, 1.165) is 19.6 Å². The van der Waals surface area contributed by atoms with E-state index in [0.29, 0.717) is 6.54 Å². The number of nitrogens with zero attached hydrogens (tertiary/aromatic N) is 1. The average molecular weight is 411 g/mol. The molecule has 1 aromatic heterocycles. The maximum absolute atomic E-state index is 12.0. The van der Waals surface area contributed by atoms with Gasteiger partial charge in [-0.3, -0.25) is 9.59 Å². The molecular formula is C12H13Br2NO3S. The molecule has 0 aliphatic carbocycles. The first-order chi connectivity index (χ1) is 8.95. The Bertz CT molecular complexity index is 498. The van der Waals surface area contributed by atoms with Crippen molar-refractivity contribution in [2.75, 3.05) is 6.54 Å². The summed E-state index contributed by atoms with van der Waals surface area (Å²) in [5, 5.41) is 9.33. The van der Waals surface area contributed by atoms with Gasteiger partial charge in [-0.1, -0.05) is 6.92 Å². The minimum absolute atomic E-state index is 0.0695. The predicted octanol–water partition coefficient (Wildman–Crippen LogP) is 3.66. The third-order valence-electron chi connectivity index (χ3n) is 3.17. The SMILES string of the molecule is CCCN1C(=O)CC(C(=O)O)C1c1cc(Br)c(Br)s1. The van der Waals surface area contributed by atoms with Gasteiger partial charge in [-0.25, -0.2) is 0 Å². The molecule has 0 aromatic carbocycles. The highest BCUT2D eigenvalue weighted by molar-refractivity contribution is 9.13. The summed E-state index contributed by atoms with van der Waals surface area (Å²) in [7, 11) is 0. The lowest BCUT2D eigenvalue weighted by Gasteiger charge is -2.25. The van der Waals surface area contributed by atoms with E-state index in [-0.39, 0.29) is 18.4 Å². The lowest BCUT2D eigenvalue weighted by Crippen LogP contribution is -2.30. The van der Waals surface area contributed by atoms with Crippen LogP contribution in [-0.4, -0.2) is 28.4 Å². The van der Waals surface area contributed by atoms with Crippen LogP contribution in [0.1, 0.15) is 30.7 Å². The summed E-state index contributed by atoms with van der Waals surface area (Å²) < 4.78 is 1.81. The number of amides is 1. The van der Waals surface area contributed by atoms with Crippen LogP contribution in [0, 0.1) is 5.92 Å². The Labute approximate surface area is 132 Å². The zero-order valence-electron chi connectivity index (χ0n) is 10.2. The topological polar surface area (TPSA) is 57.6 Å². The Hall–Kier alpha value is -0.400. The van der Waals surface area contributed by atoms with Crippen molar-refractivity contribution in [1.82, 2.24) is 4.90 Å². The molecule has 2 unspecified atom stereocenters. The zero-order chi connectivity index (χ0) is 14.2. The molecule has 2 heterocycles. The maximum Gasteiger partial charge on any atom is 0.309 e. The standard InChI is InChI=1S/C12H13Br2NO3S/c1-2-3-15-9(16)4-6(12(17)18)10(15)8-5-7(13)11(14)19-8/h5-6,10H,2-4H2,1H3,(H,17,18). The van der Waals surface area contributed by atoms with Gasteiger partial charge >= 0.3 is 5.97 Å². The molecule has 4 nitrogen and oxygen atoms in total. The van der Waals surface area contributed by atoms with Crippen LogP contribution in [0.3, 0.4) is 0 Å². The van der Waals surface area contributed by atoms with E-state index >= 15 is 0 Å². The van der Waals surface area contributed by atoms with Crippen molar-refractivity contribution >= 4 is 55.1 Å². The fourth-order valence-corrected chi connectivity index (χ4v) is 4.65. The summed E-state index contributed by atoms with van der Waals surface area (Å²) >= 11 is 8.30. The minimum atomic E-state index is -0.905. The monoisotopic (exact) mass is 409 g/mol. The molecule has 1 aliphatic heterocycles. The summed E-state index contributed by atoms with van der Waals surface area (Å²) in [6.45, 7) is 2.58. The largest absolute Gasteiger partial charge is 0.481 e. The first kappa shape index (κ1) is 15.0. The second-order valence-corrected chi connectivity index (χ2v) is 7.71. The molecule has 0 spiro atoms. The van der Waals surface area contributed by atoms with Crippen LogP contribution in [0.5, 0.6) is 0 Å². The number of carboxylic acids is 1. The summed E-state index contributed by atoms with van der Waals surface area (Å²) in [5.41, 5.74) is 0. The second-order valence-electron chi connectivity index (χ2n) is 4.45. The van der Waals surface area contributed by atoms with Crippen LogP contribution < -0.4 is 0 Å². The summed E-state index contributed by atoms with van der Waals surface area (Å²) in [4.78, 5) is 26.0. The Kier molecular flexibility index (Phi) is 4.68. The van der Waals surface area contributed by atoms with Gasteiger partial charge in [0.05, 0.1) is 15.7 Å². The molecule has 7 heteroatoms. The maximum atomic E-state index is 12.0. The van der Waals surface area contributed by atoms with E-state index < -0.39 is 11.9 Å². The van der Waals surface area contributed by atoms with Gasteiger partial charge in [0, 0.05) is 22.3 Å². The third kappa shape index (κ3) is 2.87. The molecule has 1 saturated heterocycles. The second kappa shape index (κ2) is 5.93. The molecular weight excluding hydrogens is 398 g/mol. The van der Waals surface area contributed by atoms with Gasteiger partial charge in [-0.2, -0.15) is 0 Å². The van der Waals surface area contributed by atoms with Gasteiger partial charge in [-0.15, -0.1) is 11.3 Å². The highest BCUT2D eigenvalue weighted by Crippen LogP contribution is 2.44. The third-order valence-corrected chi connectivity index (χ3v) is 6.50. The number of rotatable bonds is 4.